The fourth-order valence-corrected chi connectivity index (χ4v) is 7.40. The lowest BCUT2D eigenvalue weighted by molar-refractivity contribution is -0.137. The van der Waals surface area contributed by atoms with Crippen molar-refractivity contribution in [1.29, 1.82) is 0 Å². The Morgan fingerprint density at radius 1 is 1.03 bits per heavy atom. The Labute approximate surface area is 233 Å². The lowest BCUT2D eigenvalue weighted by Gasteiger charge is -2.41. The van der Waals surface area contributed by atoms with Crippen LogP contribution >= 0.6 is 11.6 Å². The average molecular weight is 551 g/mol. The summed E-state index contributed by atoms with van der Waals surface area (Å²) in [5.74, 6) is -0.353. The van der Waals surface area contributed by atoms with Gasteiger partial charge in [0, 0.05) is 35.2 Å². The Morgan fingerprint density at radius 2 is 1.85 bits per heavy atom. The number of nitrogens with zero attached hydrogens (tertiary/aromatic N) is 2. The minimum atomic E-state index is -0.579. The number of amides is 4. The monoisotopic (exact) mass is 550 g/mol. The zero-order chi connectivity index (χ0) is 27.1. The van der Waals surface area contributed by atoms with Crippen molar-refractivity contribution in [3.8, 4) is 0 Å². The zero-order valence-corrected chi connectivity index (χ0v) is 22.9. The molecule has 206 valence electrons. The molecule has 5 aliphatic rings. The summed E-state index contributed by atoms with van der Waals surface area (Å²) in [5, 5.41) is 6.19. The van der Waals surface area contributed by atoms with Gasteiger partial charge in [0.1, 0.15) is 6.04 Å². The number of carbonyl (C=O) groups excluding carboxylic acids is 4. The molecule has 0 bridgehead atoms. The van der Waals surface area contributed by atoms with Gasteiger partial charge in [-0.2, -0.15) is 0 Å². The smallest absolute Gasteiger partial charge is 0.255 e. The molecular weight excluding hydrogens is 516 g/mol. The van der Waals surface area contributed by atoms with Gasteiger partial charge in [0.15, 0.2) is 0 Å². The van der Waals surface area contributed by atoms with Crippen LogP contribution in [-0.4, -0.2) is 59.1 Å². The summed E-state index contributed by atoms with van der Waals surface area (Å²) >= 11 is 6.17. The molecule has 4 amide bonds. The second kappa shape index (κ2) is 10.5. The molecule has 0 aromatic heterocycles. The molecule has 8 nitrogen and oxygen atoms in total. The Hall–Kier alpha value is -2.97. The van der Waals surface area contributed by atoms with Crippen LogP contribution in [0.25, 0.3) is 0 Å². The van der Waals surface area contributed by atoms with Gasteiger partial charge in [-0.25, -0.2) is 0 Å². The zero-order valence-electron chi connectivity index (χ0n) is 22.1. The first-order valence-corrected chi connectivity index (χ1v) is 14.6. The number of imide groups is 1. The van der Waals surface area contributed by atoms with Crippen LogP contribution in [0.1, 0.15) is 72.9 Å². The Bertz CT molecular complexity index is 1280. The summed E-state index contributed by atoms with van der Waals surface area (Å²) in [4.78, 5) is 54.0. The Kier molecular flexibility index (Phi) is 7.10. The number of nitrogens with one attached hydrogen (secondary N) is 2. The van der Waals surface area contributed by atoms with Gasteiger partial charge in [0.2, 0.25) is 17.7 Å². The predicted molar refractivity (Wildman–Crippen MR) is 146 cm³/mol. The number of piperidine rings is 2. The third kappa shape index (κ3) is 4.82. The van der Waals surface area contributed by atoms with E-state index in [1.807, 2.05) is 24.3 Å². The van der Waals surface area contributed by atoms with Crippen LogP contribution in [0.2, 0.25) is 0 Å². The molecule has 4 heterocycles. The first-order chi connectivity index (χ1) is 18.9. The summed E-state index contributed by atoms with van der Waals surface area (Å²) in [7, 11) is 0. The van der Waals surface area contributed by atoms with E-state index in [4.69, 9.17) is 11.6 Å². The van der Waals surface area contributed by atoms with Gasteiger partial charge >= 0.3 is 0 Å². The van der Waals surface area contributed by atoms with Crippen LogP contribution in [0.4, 0.5) is 0 Å². The van der Waals surface area contributed by atoms with Gasteiger partial charge in [0.05, 0.1) is 5.41 Å². The number of fused-ring (bicyclic) bond motifs is 3. The van der Waals surface area contributed by atoms with E-state index in [0.29, 0.717) is 18.5 Å². The van der Waals surface area contributed by atoms with Gasteiger partial charge in [-0.3, -0.25) is 24.5 Å². The molecular formula is C30H35ClN4O4. The van der Waals surface area contributed by atoms with E-state index < -0.39 is 6.04 Å². The predicted octanol–water partition coefficient (Wildman–Crippen LogP) is 3.40. The van der Waals surface area contributed by atoms with Gasteiger partial charge < -0.3 is 15.1 Å². The van der Waals surface area contributed by atoms with Crippen LogP contribution in [0.3, 0.4) is 0 Å². The maximum Gasteiger partial charge on any atom is 0.255 e. The Balaban J connectivity index is 0.971. The van der Waals surface area contributed by atoms with Crippen LogP contribution in [0.5, 0.6) is 0 Å². The van der Waals surface area contributed by atoms with Crippen molar-refractivity contribution < 1.29 is 19.2 Å². The quantitative estimate of drug-likeness (QED) is 0.400. The molecule has 2 atom stereocenters. The van der Waals surface area contributed by atoms with E-state index in [1.54, 1.807) is 4.90 Å². The molecule has 9 heteroatoms. The minimum Gasteiger partial charge on any atom is -0.329 e. The third-order valence-electron chi connectivity index (χ3n) is 9.44. The number of aryl methyl sites for hydroxylation is 1. The molecule has 2 N–H and O–H groups in total. The minimum absolute atomic E-state index is 0.116. The van der Waals surface area contributed by atoms with Crippen LogP contribution in [0, 0.1) is 11.3 Å². The molecule has 1 aromatic rings. The lowest BCUT2D eigenvalue weighted by atomic mass is 9.67. The van der Waals surface area contributed by atoms with Gasteiger partial charge in [-0.15, -0.1) is 0 Å². The summed E-state index contributed by atoms with van der Waals surface area (Å²) in [6.45, 7) is 3.35. The Morgan fingerprint density at radius 3 is 2.64 bits per heavy atom. The van der Waals surface area contributed by atoms with Crippen LogP contribution in [0.15, 0.2) is 41.1 Å². The highest BCUT2D eigenvalue weighted by molar-refractivity contribution is 6.31. The molecule has 6 rings (SSSR count). The molecule has 3 saturated heterocycles. The molecule has 1 spiro atoms. The highest BCUT2D eigenvalue weighted by Crippen LogP contribution is 2.50. The van der Waals surface area contributed by atoms with E-state index in [2.05, 4.69) is 21.6 Å². The molecule has 0 radical (unpaired) electrons. The number of unbranched alkanes of at least 4 members (excludes halogenated alkanes) is 2. The second-order valence-corrected chi connectivity index (χ2v) is 12.0. The molecule has 2 unspecified atom stereocenters. The molecule has 4 aliphatic heterocycles. The molecule has 39 heavy (non-hydrogen) atoms. The van der Waals surface area contributed by atoms with Crippen molar-refractivity contribution in [2.75, 3.05) is 19.6 Å². The largest absolute Gasteiger partial charge is 0.329 e. The number of hydrogen-bond donors (Lipinski definition) is 2. The van der Waals surface area contributed by atoms with E-state index >= 15 is 0 Å². The highest BCUT2D eigenvalue weighted by Gasteiger charge is 2.53. The van der Waals surface area contributed by atoms with Crippen molar-refractivity contribution in [1.82, 2.24) is 20.4 Å². The number of likely N-dealkylation sites (tertiary alicyclic amines) is 1. The summed E-state index contributed by atoms with van der Waals surface area (Å²) < 4.78 is 0. The van der Waals surface area contributed by atoms with Crippen molar-refractivity contribution in [3.63, 3.8) is 0 Å². The SMILES string of the molecule is O=C1CCC(N2Cc3c(CCCCCN4CCC5(CC4)C(=O)NC4=CC(Cl)=CCC45)cccc3C2=O)C(=O)N1. The standard InChI is InChI=1S/C30H35ClN4O4/c31-20-8-9-23-24(17-20)32-29(39)30(23)12-15-34(16-13-30)14-3-1-2-5-19-6-4-7-21-22(19)18-35(28(21)38)25-10-11-26(36)33-27(25)37/h4,6-8,17,23,25H,1-3,5,9-16,18H2,(H,32,39)(H,33,36,37). The lowest BCUT2D eigenvalue weighted by Crippen LogP contribution is -2.52. The maximum absolute atomic E-state index is 13.1. The van der Waals surface area contributed by atoms with E-state index in [1.165, 1.54) is 5.56 Å². The molecule has 3 fully saturated rings. The summed E-state index contributed by atoms with van der Waals surface area (Å²) in [6, 6.07) is 5.29. The first-order valence-electron chi connectivity index (χ1n) is 14.2. The van der Waals surface area contributed by atoms with Crippen LogP contribution in [-0.2, 0) is 27.3 Å². The molecule has 0 saturated carbocycles. The first kappa shape index (κ1) is 26.3. The topological polar surface area (TPSA) is 98.8 Å². The third-order valence-corrected chi connectivity index (χ3v) is 9.71. The highest BCUT2D eigenvalue weighted by atomic mass is 35.5. The number of allylic oxidation sites excluding steroid dienone is 4. The fourth-order valence-electron chi connectivity index (χ4n) is 7.19. The van der Waals surface area contributed by atoms with Crippen LogP contribution < -0.4 is 10.6 Å². The second-order valence-electron chi connectivity index (χ2n) is 11.6. The maximum atomic E-state index is 13.1. The van der Waals surface area contributed by atoms with Crippen molar-refractivity contribution >= 4 is 35.2 Å². The summed E-state index contributed by atoms with van der Waals surface area (Å²) in [5.41, 5.74) is 3.59. The van der Waals surface area contributed by atoms with E-state index in [0.717, 1.165) is 80.9 Å². The molecule has 1 aromatic carbocycles. The van der Waals surface area contributed by atoms with Crippen molar-refractivity contribution in [2.24, 2.45) is 11.3 Å². The van der Waals surface area contributed by atoms with Crippen molar-refractivity contribution in [2.45, 2.75) is 70.4 Å². The number of benzene rings is 1. The van der Waals surface area contributed by atoms with Gasteiger partial charge in [-0.05, 0) is 87.8 Å². The molecule has 1 aliphatic carbocycles. The van der Waals surface area contributed by atoms with E-state index in [9.17, 15) is 19.2 Å². The normalized spacial score (nSPS) is 26.2. The number of rotatable bonds is 7. The van der Waals surface area contributed by atoms with Crippen molar-refractivity contribution in [3.05, 3.63) is 57.8 Å². The van der Waals surface area contributed by atoms with Gasteiger partial charge in [0.25, 0.3) is 5.91 Å². The summed E-state index contributed by atoms with van der Waals surface area (Å²) in [6.07, 6.45) is 11.3. The average Bonchev–Trinajstić information content (AvgIpc) is 3.38. The fraction of sp³-hybridized carbons (Fsp3) is 0.533. The van der Waals surface area contributed by atoms with E-state index in [-0.39, 0.29) is 41.4 Å². The number of hydrogen-bond acceptors (Lipinski definition) is 5. The number of carbonyl (C=O) groups is 4. The number of halogens is 1. The van der Waals surface area contributed by atoms with Gasteiger partial charge in [-0.1, -0.05) is 36.2 Å².